The summed E-state index contributed by atoms with van der Waals surface area (Å²) in [6.07, 6.45) is 1.60. The second kappa shape index (κ2) is 9.65. The molecule has 3 rings (SSSR count). The molecule has 2 heterocycles. The number of carbonyl (C=O) groups is 1. The van der Waals surface area contributed by atoms with Crippen molar-refractivity contribution in [3.63, 3.8) is 0 Å². The minimum Gasteiger partial charge on any atom is -0.267 e. The maximum atomic E-state index is 13.3. The molecule has 1 aromatic heterocycles. The molecule has 0 bridgehead atoms. The van der Waals surface area contributed by atoms with Crippen LogP contribution in [0.4, 0.5) is 0 Å². The van der Waals surface area contributed by atoms with E-state index in [0.29, 0.717) is 32.1 Å². The Morgan fingerprint density at radius 1 is 1.09 bits per heavy atom. The highest BCUT2D eigenvalue weighted by atomic mass is 32.2. The van der Waals surface area contributed by atoms with Crippen molar-refractivity contribution in [2.24, 2.45) is 5.92 Å². The van der Waals surface area contributed by atoms with Crippen LogP contribution in [-0.2, 0) is 20.0 Å². The van der Waals surface area contributed by atoms with Crippen molar-refractivity contribution >= 4 is 26.0 Å². The van der Waals surface area contributed by atoms with Crippen molar-refractivity contribution in [2.45, 2.75) is 57.3 Å². The topological polar surface area (TPSA) is 110 Å². The van der Waals surface area contributed by atoms with Crippen LogP contribution in [-0.4, -0.2) is 67.3 Å². The third-order valence-corrected chi connectivity index (χ3v) is 10.4. The molecular formula is C22H32N4O5S2. The van der Waals surface area contributed by atoms with Gasteiger partial charge in [0.1, 0.15) is 4.90 Å². The van der Waals surface area contributed by atoms with Crippen LogP contribution in [0.15, 0.2) is 34.1 Å². The maximum absolute atomic E-state index is 13.3. The molecule has 11 heteroatoms. The van der Waals surface area contributed by atoms with E-state index in [2.05, 4.69) is 12.0 Å². The van der Waals surface area contributed by atoms with Gasteiger partial charge in [-0.15, -0.1) is 0 Å². The lowest BCUT2D eigenvalue weighted by atomic mass is 10.0. The molecule has 1 aromatic carbocycles. The van der Waals surface area contributed by atoms with Gasteiger partial charge in [-0.3, -0.25) is 4.79 Å². The molecule has 9 nitrogen and oxygen atoms in total. The molecule has 0 aliphatic carbocycles. The lowest BCUT2D eigenvalue weighted by Crippen LogP contribution is -2.37. The lowest BCUT2D eigenvalue weighted by Gasteiger charge is -2.29. The highest BCUT2D eigenvalue weighted by Crippen LogP contribution is 2.26. The quantitative estimate of drug-likeness (QED) is 0.583. The summed E-state index contributed by atoms with van der Waals surface area (Å²) >= 11 is 0. The van der Waals surface area contributed by atoms with E-state index in [9.17, 15) is 21.6 Å². The average molecular weight is 497 g/mol. The van der Waals surface area contributed by atoms with Crippen molar-refractivity contribution in [3.8, 4) is 0 Å². The van der Waals surface area contributed by atoms with Crippen LogP contribution in [0.1, 0.15) is 55.4 Å². The van der Waals surface area contributed by atoms with E-state index in [1.165, 1.54) is 39.8 Å². The Hall–Kier alpha value is -2.08. The molecule has 0 saturated carbocycles. The Balaban J connectivity index is 1.98. The van der Waals surface area contributed by atoms with Crippen LogP contribution in [0.5, 0.6) is 0 Å². The summed E-state index contributed by atoms with van der Waals surface area (Å²) in [5.74, 6) is -0.0990. The molecule has 0 amide bonds. The predicted molar refractivity (Wildman–Crippen MR) is 125 cm³/mol. The SMILES string of the molecule is CCN(CC)S(=O)(=O)c1c(C)nn(C(=O)c2cccc(S(=O)(=O)N3CCC(C)CC3)c2)c1C. The fourth-order valence-corrected chi connectivity index (χ4v) is 7.51. The summed E-state index contributed by atoms with van der Waals surface area (Å²) in [6.45, 7) is 10.2. The minimum atomic E-state index is -3.81. The Morgan fingerprint density at radius 2 is 1.70 bits per heavy atom. The molecule has 0 atom stereocenters. The van der Waals surface area contributed by atoms with Crippen molar-refractivity contribution in [3.05, 3.63) is 41.2 Å². The van der Waals surface area contributed by atoms with Crippen LogP contribution in [0, 0.1) is 19.8 Å². The van der Waals surface area contributed by atoms with Crippen molar-refractivity contribution < 1.29 is 21.6 Å². The van der Waals surface area contributed by atoms with Gasteiger partial charge in [-0.05, 0) is 50.8 Å². The third-order valence-electron chi connectivity index (χ3n) is 6.18. The fourth-order valence-electron chi connectivity index (χ4n) is 4.18. The van der Waals surface area contributed by atoms with E-state index < -0.39 is 26.0 Å². The first-order valence-corrected chi connectivity index (χ1v) is 14.0. The van der Waals surface area contributed by atoms with Gasteiger partial charge in [0.25, 0.3) is 5.91 Å². The van der Waals surface area contributed by atoms with Gasteiger partial charge in [0.05, 0.1) is 16.3 Å². The highest BCUT2D eigenvalue weighted by molar-refractivity contribution is 7.89. The van der Waals surface area contributed by atoms with Gasteiger partial charge in [-0.1, -0.05) is 26.8 Å². The van der Waals surface area contributed by atoms with E-state index in [-0.39, 0.29) is 26.7 Å². The average Bonchev–Trinajstić information content (AvgIpc) is 3.08. The number of hydrogen-bond acceptors (Lipinski definition) is 6. The standard InChI is InChI=1S/C22H32N4O5S2/c1-6-24(7-2)33(30,31)21-17(4)23-26(18(21)5)22(27)19-9-8-10-20(15-19)32(28,29)25-13-11-16(3)12-14-25/h8-10,15-16H,6-7,11-14H2,1-5H3. The number of benzene rings is 1. The lowest BCUT2D eigenvalue weighted by molar-refractivity contribution is 0.0942. The number of rotatable bonds is 7. The van der Waals surface area contributed by atoms with Gasteiger partial charge >= 0.3 is 0 Å². The maximum Gasteiger partial charge on any atom is 0.278 e. The molecular weight excluding hydrogens is 464 g/mol. The zero-order valence-electron chi connectivity index (χ0n) is 19.8. The predicted octanol–water partition coefficient (Wildman–Crippen LogP) is 2.64. The van der Waals surface area contributed by atoms with E-state index in [4.69, 9.17) is 0 Å². The van der Waals surface area contributed by atoms with Crippen molar-refractivity contribution in [1.29, 1.82) is 0 Å². The monoisotopic (exact) mass is 496 g/mol. The number of carbonyl (C=O) groups excluding carboxylic acids is 1. The zero-order valence-corrected chi connectivity index (χ0v) is 21.4. The number of aromatic nitrogens is 2. The van der Waals surface area contributed by atoms with Crippen LogP contribution in [0.2, 0.25) is 0 Å². The number of sulfonamides is 2. The van der Waals surface area contributed by atoms with Gasteiger partial charge in [0, 0.05) is 31.7 Å². The van der Waals surface area contributed by atoms with Crippen molar-refractivity contribution in [1.82, 2.24) is 18.4 Å². The molecule has 1 aliphatic heterocycles. The molecule has 0 unspecified atom stereocenters. The van der Waals surface area contributed by atoms with Crippen LogP contribution in [0.25, 0.3) is 0 Å². The summed E-state index contributed by atoms with van der Waals surface area (Å²) < 4.78 is 56.2. The Bertz CT molecular complexity index is 1240. The Labute approximate surface area is 196 Å². The van der Waals surface area contributed by atoms with E-state index in [1.807, 2.05) is 0 Å². The molecule has 0 N–H and O–H groups in total. The largest absolute Gasteiger partial charge is 0.278 e. The first-order chi connectivity index (χ1) is 15.4. The molecule has 0 radical (unpaired) electrons. The molecule has 33 heavy (non-hydrogen) atoms. The zero-order chi connectivity index (χ0) is 24.6. The second-order valence-electron chi connectivity index (χ2n) is 8.42. The van der Waals surface area contributed by atoms with Gasteiger partial charge in [0.15, 0.2) is 0 Å². The number of piperidine rings is 1. The fraction of sp³-hybridized carbons (Fsp3) is 0.545. The normalized spacial score (nSPS) is 16.4. The molecule has 2 aromatic rings. The molecule has 1 aliphatic rings. The van der Waals surface area contributed by atoms with Gasteiger partial charge < -0.3 is 0 Å². The van der Waals surface area contributed by atoms with Gasteiger partial charge in [-0.2, -0.15) is 18.4 Å². The molecule has 1 saturated heterocycles. The number of nitrogens with zero attached hydrogens (tertiary/aromatic N) is 4. The summed E-state index contributed by atoms with van der Waals surface area (Å²) in [5, 5.41) is 4.20. The van der Waals surface area contributed by atoms with Gasteiger partial charge in [-0.25, -0.2) is 16.8 Å². The van der Waals surface area contributed by atoms with Crippen LogP contribution >= 0.6 is 0 Å². The first-order valence-electron chi connectivity index (χ1n) is 11.2. The second-order valence-corrected chi connectivity index (χ2v) is 12.2. The van der Waals surface area contributed by atoms with E-state index in [1.54, 1.807) is 20.8 Å². The first kappa shape index (κ1) is 25.5. The van der Waals surface area contributed by atoms with Gasteiger partial charge in [0.2, 0.25) is 20.0 Å². The summed E-state index contributed by atoms with van der Waals surface area (Å²) in [6, 6.07) is 5.84. The molecule has 182 valence electrons. The number of aryl methyl sites for hydroxylation is 1. The molecule has 1 fully saturated rings. The summed E-state index contributed by atoms with van der Waals surface area (Å²) in [5.41, 5.74) is 0.542. The summed E-state index contributed by atoms with van der Waals surface area (Å²) in [7, 11) is -7.54. The van der Waals surface area contributed by atoms with E-state index in [0.717, 1.165) is 17.5 Å². The smallest absolute Gasteiger partial charge is 0.267 e. The Kier molecular flexibility index (Phi) is 7.47. The van der Waals surface area contributed by atoms with E-state index >= 15 is 0 Å². The highest BCUT2D eigenvalue weighted by Gasteiger charge is 2.32. The number of hydrogen-bond donors (Lipinski definition) is 0. The van der Waals surface area contributed by atoms with Crippen molar-refractivity contribution in [2.75, 3.05) is 26.2 Å². The van der Waals surface area contributed by atoms with Crippen LogP contribution < -0.4 is 0 Å². The minimum absolute atomic E-state index is 0.00534. The third kappa shape index (κ3) is 4.77. The summed E-state index contributed by atoms with van der Waals surface area (Å²) in [4.78, 5) is 13.3. The Morgan fingerprint density at radius 3 is 2.27 bits per heavy atom. The van der Waals surface area contributed by atoms with Crippen LogP contribution in [0.3, 0.4) is 0 Å². The molecule has 0 spiro atoms.